The quantitative estimate of drug-likeness (QED) is 0.839. The first kappa shape index (κ1) is 17.0. The predicted molar refractivity (Wildman–Crippen MR) is 95.7 cm³/mol. The number of nitrogens with zero attached hydrogens (tertiary/aromatic N) is 3. The summed E-state index contributed by atoms with van der Waals surface area (Å²) >= 11 is 1.67. The Morgan fingerprint density at radius 2 is 2.25 bits per heavy atom. The molecule has 1 saturated heterocycles. The van der Waals surface area contributed by atoms with Crippen LogP contribution in [0.3, 0.4) is 0 Å². The zero-order chi connectivity index (χ0) is 16.8. The summed E-state index contributed by atoms with van der Waals surface area (Å²) in [7, 11) is 0. The maximum Gasteiger partial charge on any atom is 0.242 e. The molecule has 24 heavy (non-hydrogen) atoms. The molecule has 3 rings (SSSR count). The van der Waals surface area contributed by atoms with Crippen molar-refractivity contribution in [3.8, 4) is 0 Å². The third kappa shape index (κ3) is 4.19. The smallest absolute Gasteiger partial charge is 0.242 e. The number of amides is 1. The molecular weight excluding hydrogens is 320 g/mol. The zero-order valence-corrected chi connectivity index (χ0v) is 14.9. The van der Waals surface area contributed by atoms with Crippen molar-refractivity contribution in [2.75, 3.05) is 13.1 Å². The molecule has 2 aromatic rings. The number of hydrogen-bond donors (Lipinski definition) is 1. The number of aryl methyl sites for hydroxylation is 1. The first-order chi connectivity index (χ1) is 11.8. The summed E-state index contributed by atoms with van der Waals surface area (Å²) in [5.41, 5.74) is 1.91. The van der Waals surface area contributed by atoms with Gasteiger partial charge >= 0.3 is 0 Å². The molecule has 1 atom stereocenters. The molecule has 1 aliphatic rings. The summed E-state index contributed by atoms with van der Waals surface area (Å²) < 4.78 is 0. The number of nitrogens with one attached hydrogen (secondary N) is 1. The largest absolute Gasteiger partial charge is 0.349 e. The topological polar surface area (TPSA) is 58.1 Å². The molecule has 0 aliphatic carbocycles. The van der Waals surface area contributed by atoms with Crippen molar-refractivity contribution >= 4 is 17.2 Å². The summed E-state index contributed by atoms with van der Waals surface area (Å²) in [5.74, 6) is 0.0370. The van der Waals surface area contributed by atoms with Crippen molar-refractivity contribution in [1.29, 1.82) is 0 Å². The number of likely N-dealkylation sites (tertiary alicyclic amines) is 1. The molecule has 1 aliphatic heterocycles. The van der Waals surface area contributed by atoms with Crippen molar-refractivity contribution in [1.82, 2.24) is 20.2 Å². The van der Waals surface area contributed by atoms with Gasteiger partial charge in [0.1, 0.15) is 6.04 Å². The molecule has 0 aromatic carbocycles. The Morgan fingerprint density at radius 1 is 1.42 bits per heavy atom. The molecule has 0 spiro atoms. The van der Waals surface area contributed by atoms with Gasteiger partial charge in [-0.3, -0.25) is 14.7 Å². The van der Waals surface area contributed by atoms with Crippen LogP contribution in [0.2, 0.25) is 0 Å². The highest BCUT2D eigenvalue weighted by molar-refractivity contribution is 7.09. The van der Waals surface area contributed by atoms with Crippen LogP contribution in [0.5, 0.6) is 0 Å². The molecule has 0 radical (unpaired) electrons. The minimum atomic E-state index is -0.255. The van der Waals surface area contributed by atoms with Gasteiger partial charge in [0, 0.05) is 17.8 Å². The van der Waals surface area contributed by atoms with Gasteiger partial charge in [-0.2, -0.15) is 0 Å². The predicted octanol–water partition coefficient (Wildman–Crippen LogP) is 2.94. The number of aromatic nitrogens is 2. The molecule has 2 aromatic heterocycles. The second-order valence-corrected chi connectivity index (χ2v) is 7.08. The molecule has 1 fully saturated rings. The third-order valence-electron chi connectivity index (χ3n) is 4.26. The Morgan fingerprint density at radius 3 is 2.96 bits per heavy atom. The van der Waals surface area contributed by atoms with Crippen LogP contribution in [0.1, 0.15) is 48.5 Å². The molecule has 1 amide bonds. The number of hydrogen-bond acceptors (Lipinski definition) is 5. The van der Waals surface area contributed by atoms with Crippen molar-refractivity contribution < 1.29 is 4.79 Å². The molecule has 6 heteroatoms. The summed E-state index contributed by atoms with van der Waals surface area (Å²) in [6.45, 7) is 4.57. The molecule has 5 nitrogen and oxygen atoms in total. The average Bonchev–Trinajstić information content (AvgIpc) is 3.27. The molecular formula is C18H24N4OS. The van der Waals surface area contributed by atoms with E-state index in [4.69, 9.17) is 0 Å². The number of carbonyl (C=O) groups is 1. The minimum absolute atomic E-state index is 0.0370. The van der Waals surface area contributed by atoms with E-state index in [0.717, 1.165) is 55.0 Å². The van der Waals surface area contributed by atoms with Crippen LogP contribution >= 0.6 is 11.3 Å². The van der Waals surface area contributed by atoms with Gasteiger partial charge in [0.15, 0.2) is 0 Å². The lowest BCUT2D eigenvalue weighted by Crippen LogP contribution is -2.39. The van der Waals surface area contributed by atoms with E-state index in [0.29, 0.717) is 6.54 Å². The maximum atomic E-state index is 12.8. The van der Waals surface area contributed by atoms with Gasteiger partial charge < -0.3 is 5.32 Å². The Kier molecular flexibility index (Phi) is 5.93. The Hall–Kier alpha value is -1.79. The normalized spacial score (nSPS) is 16.2. The highest BCUT2D eigenvalue weighted by Crippen LogP contribution is 2.25. The van der Waals surface area contributed by atoms with E-state index in [1.165, 1.54) is 0 Å². The van der Waals surface area contributed by atoms with E-state index in [1.807, 2.05) is 17.5 Å². The summed E-state index contributed by atoms with van der Waals surface area (Å²) in [5, 5.41) is 6.25. The van der Waals surface area contributed by atoms with Crippen LogP contribution in [0.25, 0.3) is 0 Å². The highest BCUT2D eigenvalue weighted by Gasteiger charge is 2.29. The summed E-state index contributed by atoms with van der Waals surface area (Å²) in [6.07, 6.45) is 7.94. The van der Waals surface area contributed by atoms with Gasteiger partial charge in [-0.1, -0.05) is 13.0 Å². The van der Waals surface area contributed by atoms with Crippen LogP contribution in [-0.4, -0.2) is 33.9 Å². The van der Waals surface area contributed by atoms with Crippen LogP contribution in [0.4, 0.5) is 0 Å². The van der Waals surface area contributed by atoms with Crippen LogP contribution in [-0.2, 0) is 17.8 Å². The Labute approximate surface area is 147 Å². The SMILES string of the molecule is CCCc1nc(CNC(=O)[C@@H](c2cccnc2)N2CCCC2)cs1. The van der Waals surface area contributed by atoms with Crippen molar-refractivity contribution in [2.24, 2.45) is 0 Å². The number of pyridine rings is 1. The lowest BCUT2D eigenvalue weighted by atomic mass is 10.1. The van der Waals surface area contributed by atoms with Gasteiger partial charge in [-0.25, -0.2) is 4.98 Å². The molecule has 0 saturated carbocycles. The molecule has 128 valence electrons. The Bertz CT molecular complexity index is 652. The van der Waals surface area contributed by atoms with Crippen molar-refractivity contribution in [3.05, 3.63) is 46.2 Å². The van der Waals surface area contributed by atoms with Gasteiger partial charge in [0.25, 0.3) is 0 Å². The fourth-order valence-electron chi connectivity index (χ4n) is 3.10. The number of carbonyl (C=O) groups excluding carboxylic acids is 1. The average molecular weight is 344 g/mol. The van der Waals surface area contributed by atoms with Gasteiger partial charge in [-0.15, -0.1) is 11.3 Å². The van der Waals surface area contributed by atoms with Crippen LogP contribution in [0.15, 0.2) is 29.9 Å². The van der Waals surface area contributed by atoms with Gasteiger partial charge in [-0.05, 0) is 50.4 Å². The standard InChI is InChI=1S/C18H24N4OS/c1-2-6-16-21-15(13-24-16)12-20-18(23)17(22-9-3-4-10-22)14-7-5-8-19-11-14/h5,7-8,11,13,17H,2-4,6,9-10,12H2,1H3,(H,20,23)/t17-/m1/s1. The van der Waals surface area contributed by atoms with E-state index in [2.05, 4.69) is 27.1 Å². The zero-order valence-electron chi connectivity index (χ0n) is 14.1. The van der Waals surface area contributed by atoms with Gasteiger partial charge in [0.05, 0.1) is 17.2 Å². The lowest BCUT2D eigenvalue weighted by Gasteiger charge is -2.26. The first-order valence-electron chi connectivity index (χ1n) is 8.63. The highest BCUT2D eigenvalue weighted by atomic mass is 32.1. The van der Waals surface area contributed by atoms with E-state index in [9.17, 15) is 4.79 Å². The van der Waals surface area contributed by atoms with Gasteiger partial charge in [0.2, 0.25) is 5.91 Å². The Balaban J connectivity index is 1.66. The van der Waals surface area contributed by atoms with E-state index in [1.54, 1.807) is 23.7 Å². The van der Waals surface area contributed by atoms with E-state index in [-0.39, 0.29) is 11.9 Å². The van der Waals surface area contributed by atoms with Crippen LogP contribution < -0.4 is 5.32 Å². The molecule has 3 heterocycles. The first-order valence-corrected chi connectivity index (χ1v) is 9.51. The third-order valence-corrected chi connectivity index (χ3v) is 5.22. The summed E-state index contributed by atoms with van der Waals surface area (Å²) in [6, 6.07) is 3.62. The number of thiazole rings is 1. The fourth-order valence-corrected chi connectivity index (χ4v) is 4.00. The summed E-state index contributed by atoms with van der Waals surface area (Å²) in [4.78, 5) is 23.8. The fraction of sp³-hybridized carbons (Fsp3) is 0.500. The van der Waals surface area contributed by atoms with Crippen molar-refractivity contribution in [3.63, 3.8) is 0 Å². The second kappa shape index (κ2) is 8.35. The second-order valence-electron chi connectivity index (χ2n) is 6.13. The molecule has 0 unspecified atom stereocenters. The van der Waals surface area contributed by atoms with Crippen molar-refractivity contribution in [2.45, 2.75) is 45.2 Å². The van der Waals surface area contributed by atoms with Crippen LogP contribution in [0, 0.1) is 0 Å². The monoisotopic (exact) mass is 344 g/mol. The molecule has 1 N–H and O–H groups in total. The van der Waals surface area contributed by atoms with E-state index >= 15 is 0 Å². The lowest BCUT2D eigenvalue weighted by molar-refractivity contribution is -0.126. The maximum absolute atomic E-state index is 12.8. The molecule has 0 bridgehead atoms. The number of rotatable bonds is 7. The van der Waals surface area contributed by atoms with E-state index < -0.39 is 0 Å². The minimum Gasteiger partial charge on any atom is -0.349 e.